The van der Waals surface area contributed by atoms with E-state index < -0.39 is 7.38 Å². The van der Waals surface area contributed by atoms with Crippen LogP contribution in [0, 0.1) is 5.92 Å². The summed E-state index contributed by atoms with van der Waals surface area (Å²) >= 11 is 7.68. The number of unbranched alkanes of at least 4 members (excludes halogenated alkanes) is 11. The summed E-state index contributed by atoms with van der Waals surface area (Å²) in [6.45, 7) is 2.30. The molecule has 0 N–H and O–H groups in total. The second kappa shape index (κ2) is 15.8. The number of hydrogen-bond donors (Lipinski definition) is 0. The highest BCUT2D eigenvalue weighted by Crippen LogP contribution is 2.42. The molecule has 0 unspecified atom stereocenters. The van der Waals surface area contributed by atoms with Gasteiger partial charge in [-0.2, -0.15) is 11.1 Å². The van der Waals surface area contributed by atoms with Gasteiger partial charge in [0.05, 0.1) is 0 Å². The molecule has 0 saturated heterocycles. The Morgan fingerprint density at radius 2 is 1.00 bits per heavy atom. The Bertz CT molecular complexity index is 712. The standard InChI is InChI=1S/C32H49ClSi/c1-2-3-4-5-6-7-8-9-10-11-12-15-20-29-25-27-32(28-26-29)34(33,30-21-16-13-17-22-30)31-23-18-14-19-24-31/h13-14,16-19,21-24,29,32H,2-12,15,20,25-28H2,1H3. The molecule has 2 heteroatoms. The Hall–Kier alpha value is -1.05. The van der Waals surface area contributed by atoms with Gasteiger partial charge in [-0.3, -0.25) is 0 Å². The third-order valence-corrected chi connectivity index (χ3v) is 14.5. The Morgan fingerprint density at radius 1 is 0.588 bits per heavy atom. The summed E-state index contributed by atoms with van der Waals surface area (Å²) in [4.78, 5) is 0. The molecule has 0 spiro atoms. The Labute approximate surface area is 216 Å². The maximum atomic E-state index is 7.68. The SMILES string of the molecule is CCCCCCCCCCCCCCC1CCC([Si](Cl)(c2ccccc2)c2ccccc2)CC1. The molecule has 1 saturated carbocycles. The van der Waals surface area contributed by atoms with Crippen LogP contribution >= 0.6 is 11.1 Å². The molecular formula is C32H49ClSi. The first-order valence-corrected chi connectivity index (χ1v) is 17.6. The van der Waals surface area contributed by atoms with Crippen molar-refractivity contribution < 1.29 is 0 Å². The summed E-state index contributed by atoms with van der Waals surface area (Å²) in [6.07, 6.45) is 24.1. The van der Waals surface area contributed by atoms with Crippen LogP contribution in [-0.2, 0) is 0 Å². The Morgan fingerprint density at radius 3 is 1.44 bits per heavy atom. The number of benzene rings is 2. The molecule has 34 heavy (non-hydrogen) atoms. The van der Waals surface area contributed by atoms with E-state index in [1.54, 1.807) is 0 Å². The lowest BCUT2D eigenvalue weighted by Crippen LogP contribution is -2.57. The van der Waals surface area contributed by atoms with E-state index in [0.717, 1.165) is 5.92 Å². The second-order valence-electron chi connectivity index (χ2n) is 10.8. The van der Waals surface area contributed by atoms with Crippen LogP contribution < -0.4 is 10.4 Å². The van der Waals surface area contributed by atoms with E-state index in [0.29, 0.717) is 5.54 Å². The predicted octanol–water partition coefficient (Wildman–Crippen LogP) is 9.64. The Balaban J connectivity index is 1.34. The molecule has 0 bridgehead atoms. The molecule has 1 aliphatic rings. The zero-order valence-electron chi connectivity index (χ0n) is 21.8. The topological polar surface area (TPSA) is 0 Å². The summed E-state index contributed by atoms with van der Waals surface area (Å²) in [5.74, 6) is 0.931. The van der Waals surface area contributed by atoms with Crippen LogP contribution in [0.4, 0.5) is 0 Å². The minimum Gasteiger partial charge on any atom is -0.155 e. The quantitative estimate of drug-likeness (QED) is 0.123. The van der Waals surface area contributed by atoms with Gasteiger partial charge in [0.15, 0.2) is 0 Å². The molecule has 0 amide bonds. The highest BCUT2D eigenvalue weighted by atomic mass is 35.6. The van der Waals surface area contributed by atoms with Crippen molar-refractivity contribution in [1.29, 1.82) is 0 Å². The summed E-state index contributed by atoms with van der Waals surface area (Å²) in [6, 6.07) is 22.0. The van der Waals surface area contributed by atoms with Crippen LogP contribution in [-0.4, -0.2) is 7.38 Å². The highest BCUT2D eigenvalue weighted by Gasteiger charge is 2.44. The minimum absolute atomic E-state index is 0.650. The molecule has 2 aromatic carbocycles. The van der Waals surface area contributed by atoms with Crippen LogP contribution in [0.15, 0.2) is 60.7 Å². The van der Waals surface area contributed by atoms with E-state index in [2.05, 4.69) is 67.6 Å². The van der Waals surface area contributed by atoms with E-state index in [-0.39, 0.29) is 0 Å². The molecule has 0 atom stereocenters. The van der Waals surface area contributed by atoms with Crippen LogP contribution in [0.25, 0.3) is 0 Å². The smallest absolute Gasteiger partial charge is 0.155 e. The van der Waals surface area contributed by atoms with Crippen molar-refractivity contribution in [3.63, 3.8) is 0 Å². The molecule has 0 heterocycles. The van der Waals surface area contributed by atoms with Crippen LogP contribution in [0.3, 0.4) is 0 Å². The zero-order valence-corrected chi connectivity index (χ0v) is 23.6. The van der Waals surface area contributed by atoms with Gasteiger partial charge in [-0.1, -0.05) is 177 Å². The van der Waals surface area contributed by atoms with E-state index in [4.69, 9.17) is 11.1 Å². The number of rotatable bonds is 16. The van der Waals surface area contributed by atoms with E-state index >= 15 is 0 Å². The fourth-order valence-electron chi connectivity index (χ4n) is 6.12. The van der Waals surface area contributed by atoms with Crippen LogP contribution in [0.1, 0.15) is 116 Å². The molecule has 1 fully saturated rings. The summed E-state index contributed by atoms with van der Waals surface area (Å²) < 4.78 is 0. The van der Waals surface area contributed by atoms with Gasteiger partial charge in [-0.15, -0.1) is 0 Å². The molecular weight excluding hydrogens is 448 g/mol. The van der Waals surface area contributed by atoms with Gasteiger partial charge < -0.3 is 0 Å². The highest BCUT2D eigenvalue weighted by molar-refractivity contribution is 7.34. The first-order valence-electron chi connectivity index (χ1n) is 14.5. The van der Waals surface area contributed by atoms with Gasteiger partial charge in [0.1, 0.15) is 0 Å². The molecule has 0 radical (unpaired) electrons. The van der Waals surface area contributed by atoms with Crippen LogP contribution in [0.5, 0.6) is 0 Å². The molecule has 3 rings (SSSR count). The van der Waals surface area contributed by atoms with Crippen molar-refractivity contribution in [2.24, 2.45) is 5.92 Å². The molecule has 0 nitrogen and oxygen atoms in total. The molecule has 2 aromatic rings. The normalized spacial score (nSPS) is 18.8. The lowest BCUT2D eigenvalue weighted by molar-refractivity contribution is 0.326. The second-order valence-corrected chi connectivity index (χ2v) is 16.0. The van der Waals surface area contributed by atoms with Crippen molar-refractivity contribution in [3.05, 3.63) is 60.7 Å². The third-order valence-electron chi connectivity index (χ3n) is 8.26. The summed E-state index contributed by atoms with van der Waals surface area (Å²) in [5, 5.41) is 2.79. The monoisotopic (exact) mass is 496 g/mol. The van der Waals surface area contributed by atoms with Crippen molar-refractivity contribution in [2.45, 2.75) is 122 Å². The predicted molar refractivity (Wildman–Crippen MR) is 155 cm³/mol. The van der Waals surface area contributed by atoms with Crippen molar-refractivity contribution in [2.75, 3.05) is 0 Å². The molecule has 0 aromatic heterocycles. The fourth-order valence-corrected chi connectivity index (χ4v) is 11.3. The summed E-state index contributed by atoms with van der Waals surface area (Å²) in [5.41, 5.74) is 0.650. The van der Waals surface area contributed by atoms with Gasteiger partial charge in [0.25, 0.3) is 0 Å². The minimum atomic E-state index is -2.23. The average Bonchev–Trinajstić information content (AvgIpc) is 2.90. The van der Waals surface area contributed by atoms with E-state index in [1.807, 2.05) is 0 Å². The van der Waals surface area contributed by atoms with E-state index in [9.17, 15) is 0 Å². The average molecular weight is 497 g/mol. The lowest BCUT2D eigenvalue weighted by Gasteiger charge is -2.39. The number of halogens is 1. The fraction of sp³-hybridized carbons (Fsp3) is 0.625. The van der Waals surface area contributed by atoms with Gasteiger partial charge in [-0.05, 0) is 21.8 Å². The van der Waals surface area contributed by atoms with Gasteiger partial charge in [-0.25, -0.2) is 0 Å². The van der Waals surface area contributed by atoms with Crippen molar-refractivity contribution >= 4 is 28.8 Å². The third kappa shape index (κ3) is 8.56. The Kier molecular flexibility index (Phi) is 12.8. The molecule has 188 valence electrons. The largest absolute Gasteiger partial charge is 0.220 e. The van der Waals surface area contributed by atoms with Crippen molar-refractivity contribution in [3.8, 4) is 0 Å². The van der Waals surface area contributed by atoms with Crippen molar-refractivity contribution in [1.82, 2.24) is 0 Å². The first-order chi connectivity index (χ1) is 16.7. The number of hydrogen-bond acceptors (Lipinski definition) is 0. The maximum absolute atomic E-state index is 7.68. The van der Waals surface area contributed by atoms with Gasteiger partial charge in [0, 0.05) is 0 Å². The van der Waals surface area contributed by atoms with Gasteiger partial charge >= 0.3 is 0 Å². The summed E-state index contributed by atoms with van der Waals surface area (Å²) in [7, 11) is -2.23. The lowest BCUT2D eigenvalue weighted by atomic mass is 9.85. The van der Waals surface area contributed by atoms with E-state index in [1.165, 1.54) is 120 Å². The first kappa shape index (κ1) is 27.5. The molecule has 1 aliphatic carbocycles. The maximum Gasteiger partial charge on any atom is 0.220 e. The van der Waals surface area contributed by atoms with Gasteiger partial charge in [0.2, 0.25) is 7.38 Å². The van der Waals surface area contributed by atoms with Crippen LogP contribution in [0.2, 0.25) is 5.54 Å². The zero-order chi connectivity index (χ0) is 23.9. The molecule has 0 aliphatic heterocycles.